The molecule has 0 aliphatic heterocycles. The molecule has 4 aliphatic rings. The lowest BCUT2D eigenvalue weighted by atomic mass is 9.53. The topological polar surface area (TPSA) is 107 Å². The zero-order chi connectivity index (χ0) is 17.4. The summed E-state index contributed by atoms with van der Waals surface area (Å²) >= 11 is 0. The average molecular weight is 378 g/mol. The number of hydrogen-bond donors (Lipinski definition) is 4. The number of rotatable bonds is 9. The summed E-state index contributed by atoms with van der Waals surface area (Å²) < 4.78 is 28.2. The smallest absolute Gasteiger partial charge is 0.212 e. The van der Waals surface area contributed by atoms with Crippen molar-refractivity contribution in [2.75, 3.05) is 24.4 Å². The van der Waals surface area contributed by atoms with Gasteiger partial charge in [-0.3, -0.25) is 0 Å². The van der Waals surface area contributed by atoms with Crippen molar-refractivity contribution in [3.8, 4) is 0 Å². The minimum atomic E-state index is -3.36. The monoisotopic (exact) mass is 377 g/mol. The number of hydrogen-bond acceptors (Lipinski definition) is 5. The van der Waals surface area contributed by atoms with Crippen molar-refractivity contribution in [3.63, 3.8) is 0 Å². The Balaban J connectivity index is 1.57. The molecule has 4 aliphatic carbocycles. The lowest BCUT2D eigenvalue weighted by Crippen LogP contribution is -2.60. The number of aliphatic hydroxyl groups is 3. The molecule has 0 aromatic rings. The van der Waals surface area contributed by atoms with E-state index in [1.165, 1.54) is 19.3 Å². The first kappa shape index (κ1) is 18.8. The van der Waals surface area contributed by atoms with Crippen LogP contribution in [0.15, 0.2) is 0 Å². The van der Waals surface area contributed by atoms with Crippen LogP contribution in [0.2, 0.25) is 6.04 Å². The Morgan fingerprint density at radius 1 is 0.917 bits per heavy atom. The predicted molar refractivity (Wildman–Crippen MR) is 94.3 cm³/mol. The van der Waals surface area contributed by atoms with E-state index in [-0.39, 0.29) is 30.0 Å². The van der Waals surface area contributed by atoms with E-state index < -0.39 is 18.1 Å². The Morgan fingerprint density at radius 3 is 1.79 bits per heavy atom. The van der Waals surface area contributed by atoms with Gasteiger partial charge in [0, 0.05) is 24.2 Å². The van der Waals surface area contributed by atoms with E-state index in [1.807, 2.05) is 0 Å². The largest absolute Gasteiger partial charge is 0.399 e. The highest BCUT2D eigenvalue weighted by Gasteiger charge is 2.52. The molecule has 0 heterocycles. The molecule has 0 unspecified atom stereocenters. The predicted octanol–water partition coefficient (Wildman–Crippen LogP) is 0.308. The maximum atomic E-state index is 12.6. The summed E-state index contributed by atoms with van der Waals surface area (Å²) in [5, 5.41) is 28.2. The first-order valence-corrected chi connectivity index (χ1v) is 13.7. The summed E-state index contributed by atoms with van der Waals surface area (Å²) in [6.45, 7) is 0. The van der Waals surface area contributed by atoms with Crippen LogP contribution in [0.3, 0.4) is 0 Å². The van der Waals surface area contributed by atoms with Crippen molar-refractivity contribution in [1.29, 1.82) is 0 Å². The lowest BCUT2D eigenvalue weighted by Gasteiger charge is -2.56. The van der Waals surface area contributed by atoms with Gasteiger partial charge in [0.15, 0.2) is 0 Å². The van der Waals surface area contributed by atoms with Gasteiger partial charge in [-0.2, -0.15) is 0 Å². The van der Waals surface area contributed by atoms with E-state index in [1.54, 1.807) is 0 Å². The molecule has 4 N–H and O–H groups in total. The quantitative estimate of drug-likeness (QED) is 0.433. The molecule has 0 aromatic carbocycles. The summed E-state index contributed by atoms with van der Waals surface area (Å²) in [5.41, 5.74) is -0.215. The fourth-order valence-electron chi connectivity index (χ4n) is 5.64. The van der Waals surface area contributed by atoms with Crippen LogP contribution >= 0.6 is 0 Å². The lowest BCUT2D eigenvalue weighted by molar-refractivity contribution is -0.00809. The normalized spacial score (nSPS) is 35.5. The SMILES string of the molecule is O=S(=O)(CCC[Si](CO)(CO)CO)NC12CC3CC(CC(C3)C1)C2. The van der Waals surface area contributed by atoms with E-state index >= 15 is 0 Å². The molecule has 0 saturated heterocycles. The molecule has 6 nitrogen and oxygen atoms in total. The Labute approximate surface area is 145 Å². The molecule has 8 heteroatoms. The standard InChI is InChI=1S/C16H31NO5SSi/c18-10-24(11-19,12-20)3-1-2-23(21,22)17-16-7-13-4-14(8-16)6-15(5-13)9-16/h13-15,17-20H,1-12H2. The summed E-state index contributed by atoms with van der Waals surface area (Å²) in [4.78, 5) is 0. The molecule has 0 amide bonds. The fraction of sp³-hybridized carbons (Fsp3) is 1.00. The molecule has 4 fully saturated rings. The molecular weight excluding hydrogens is 346 g/mol. The minimum absolute atomic E-state index is 0.0174. The third kappa shape index (κ3) is 3.88. The van der Waals surface area contributed by atoms with E-state index in [0.29, 0.717) is 30.2 Å². The van der Waals surface area contributed by atoms with Crippen molar-refractivity contribution in [2.24, 2.45) is 17.8 Å². The Kier molecular flexibility index (Phi) is 5.45. The average Bonchev–Trinajstić information content (AvgIpc) is 2.49. The van der Waals surface area contributed by atoms with Gasteiger partial charge in [-0.15, -0.1) is 0 Å². The molecule has 0 aromatic heterocycles. The van der Waals surface area contributed by atoms with Crippen LogP contribution in [0.4, 0.5) is 0 Å². The van der Waals surface area contributed by atoms with Crippen LogP contribution in [0.1, 0.15) is 44.9 Å². The van der Waals surface area contributed by atoms with Gasteiger partial charge in [-0.25, -0.2) is 13.1 Å². The van der Waals surface area contributed by atoms with Crippen LogP contribution in [-0.2, 0) is 10.0 Å². The molecule has 0 atom stereocenters. The first-order chi connectivity index (χ1) is 11.3. The van der Waals surface area contributed by atoms with Gasteiger partial charge < -0.3 is 15.3 Å². The molecule has 0 spiro atoms. The van der Waals surface area contributed by atoms with Gasteiger partial charge in [0.25, 0.3) is 0 Å². The van der Waals surface area contributed by atoms with Crippen LogP contribution in [0, 0.1) is 17.8 Å². The van der Waals surface area contributed by atoms with E-state index in [4.69, 9.17) is 0 Å². The van der Waals surface area contributed by atoms with Gasteiger partial charge in [0.2, 0.25) is 10.0 Å². The number of aliphatic hydroxyl groups excluding tert-OH is 3. The van der Waals surface area contributed by atoms with E-state index in [9.17, 15) is 23.7 Å². The summed E-state index contributed by atoms with van der Waals surface area (Å²) in [6, 6.07) is 0.429. The molecule has 0 radical (unpaired) electrons. The van der Waals surface area contributed by atoms with Crippen LogP contribution < -0.4 is 4.72 Å². The van der Waals surface area contributed by atoms with Crippen molar-refractivity contribution >= 4 is 18.1 Å². The maximum absolute atomic E-state index is 12.6. The zero-order valence-electron chi connectivity index (χ0n) is 14.3. The van der Waals surface area contributed by atoms with Crippen LogP contribution in [-0.4, -0.2) is 61.8 Å². The van der Waals surface area contributed by atoms with Gasteiger partial charge in [-0.05, 0) is 62.7 Å². The third-order valence-electron chi connectivity index (χ3n) is 6.54. The molecule has 4 saturated carbocycles. The molecule has 24 heavy (non-hydrogen) atoms. The van der Waals surface area contributed by atoms with Crippen molar-refractivity contribution < 1.29 is 23.7 Å². The summed E-state index contributed by atoms with van der Waals surface area (Å²) in [7, 11) is -5.89. The molecular formula is C16H31NO5SSi. The second-order valence-electron chi connectivity index (χ2n) is 8.70. The number of nitrogens with one attached hydrogen (secondary N) is 1. The fourth-order valence-corrected chi connectivity index (χ4v) is 9.13. The minimum Gasteiger partial charge on any atom is -0.399 e. The summed E-state index contributed by atoms with van der Waals surface area (Å²) in [5.74, 6) is 2.09. The van der Waals surface area contributed by atoms with Crippen LogP contribution in [0.25, 0.3) is 0 Å². The van der Waals surface area contributed by atoms with Gasteiger partial charge in [0.1, 0.15) is 8.07 Å². The zero-order valence-corrected chi connectivity index (χ0v) is 16.1. The van der Waals surface area contributed by atoms with E-state index in [0.717, 1.165) is 19.3 Å². The Hall–Kier alpha value is 0.00688. The highest BCUT2D eigenvalue weighted by molar-refractivity contribution is 7.89. The first-order valence-electron chi connectivity index (χ1n) is 9.17. The second kappa shape index (κ2) is 6.96. The van der Waals surface area contributed by atoms with Crippen LogP contribution in [0.5, 0.6) is 0 Å². The van der Waals surface area contributed by atoms with Crippen molar-refractivity contribution in [3.05, 3.63) is 0 Å². The molecule has 4 bridgehead atoms. The third-order valence-corrected chi connectivity index (χ3v) is 11.5. The number of sulfonamides is 1. The molecule has 140 valence electrons. The summed E-state index contributed by atoms with van der Waals surface area (Å²) in [6.07, 6.45) is 6.56. The van der Waals surface area contributed by atoms with Gasteiger partial charge >= 0.3 is 0 Å². The van der Waals surface area contributed by atoms with Gasteiger partial charge in [-0.1, -0.05) is 6.04 Å². The Morgan fingerprint density at radius 2 is 1.38 bits per heavy atom. The second-order valence-corrected chi connectivity index (χ2v) is 15.0. The highest BCUT2D eigenvalue weighted by atomic mass is 32.2. The Bertz CT molecular complexity index is 505. The molecule has 4 rings (SSSR count). The van der Waals surface area contributed by atoms with E-state index in [2.05, 4.69) is 4.72 Å². The maximum Gasteiger partial charge on any atom is 0.212 e. The van der Waals surface area contributed by atoms with Crippen molar-refractivity contribution in [2.45, 2.75) is 56.5 Å². The highest BCUT2D eigenvalue weighted by Crippen LogP contribution is 2.55. The van der Waals surface area contributed by atoms with Gasteiger partial charge in [0.05, 0.1) is 5.75 Å². The van der Waals surface area contributed by atoms with Crippen molar-refractivity contribution in [1.82, 2.24) is 4.72 Å².